The molecule has 0 fully saturated rings. The van der Waals surface area contributed by atoms with E-state index in [9.17, 15) is 14.4 Å². The van der Waals surface area contributed by atoms with Crippen LogP contribution in [-0.4, -0.2) is 37.2 Å². The second-order valence-electron chi connectivity index (χ2n) is 16.0. The van der Waals surface area contributed by atoms with Crippen LogP contribution in [0.4, 0.5) is 0 Å². The molecule has 0 bridgehead atoms. The summed E-state index contributed by atoms with van der Waals surface area (Å²) in [6.45, 7) is 6.48. The van der Waals surface area contributed by atoms with Gasteiger partial charge in [-0.25, -0.2) is 0 Å². The maximum Gasteiger partial charge on any atom is 0.306 e. The highest BCUT2D eigenvalue weighted by Crippen LogP contribution is 2.13. The van der Waals surface area contributed by atoms with Crippen LogP contribution >= 0.6 is 0 Å². The summed E-state index contributed by atoms with van der Waals surface area (Å²) in [5.74, 6) is -0.928. The quantitative estimate of drug-likeness (QED) is 0.0264. The molecule has 0 aliphatic carbocycles. The van der Waals surface area contributed by atoms with Gasteiger partial charge < -0.3 is 14.2 Å². The minimum Gasteiger partial charge on any atom is -0.462 e. The smallest absolute Gasteiger partial charge is 0.306 e. The molecule has 0 heterocycles. The summed E-state index contributed by atoms with van der Waals surface area (Å²) in [5, 5.41) is 0. The Hall–Kier alpha value is -2.89. The number of ether oxygens (including phenoxy) is 3. The standard InChI is InChI=1S/C52H90O6/c1-4-7-10-13-16-19-22-24-25-26-28-30-33-36-39-42-45-51(54)57-48-49(47-56-50(53)44-41-38-35-32-29-21-18-15-12-9-6-3)58-52(55)46-43-40-37-34-31-27-23-20-17-14-11-8-5-2/h11,14-15,18-20,22-23,25-26,49H,4-10,12-13,16-17,21,24,27-48H2,1-3H3/b14-11-,18-15-,22-19-,23-20-,26-25-. The zero-order valence-corrected chi connectivity index (χ0v) is 38.0. The van der Waals surface area contributed by atoms with Crippen molar-refractivity contribution in [3.63, 3.8) is 0 Å². The Kier molecular flexibility index (Phi) is 44.5. The fraction of sp³-hybridized carbons (Fsp3) is 0.750. The van der Waals surface area contributed by atoms with E-state index in [1.165, 1.54) is 77.0 Å². The van der Waals surface area contributed by atoms with Crippen molar-refractivity contribution in [2.24, 2.45) is 0 Å². The Morgan fingerprint density at radius 1 is 0.345 bits per heavy atom. The third-order valence-electron chi connectivity index (χ3n) is 10.2. The summed E-state index contributed by atoms with van der Waals surface area (Å²) in [7, 11) is 0. The van der Waals surface area contributed by atoms with Crippen molar-refractivity contribution in [3.8, 4) is 0 Å². The molecule has 6 heteroatoms. The molecule has 0 N–H and O–H groups in total. The molecule has 0 spiro atoms. The first-order chi connectivity index (χ1) is 28.5. The molecule has 0 aliphatic rings. The van der Waals surface area contributed by atoms with Crippen molar-refractivity contribution in [1.29, 1.82) is 0 Å². The van der Waals surface area contributed by atoms with Gasteiger partial charge in [-0.15, -0.1) is 0 Å². The van der Waals surface area contributed by atoms with E-state index in [2.05, 4.69) is 81.5 Å². The van der Waals surface area contributed by atoms with Gasteiger partial charge in [0.25, 0.3) is 0 Å². The summed E-state index contributed by atoms with van der Waals surface area (Å²) < 4.78 is 16.7. The van der Waals surface area contributed by atoms with Crippen LogP contribution in [0.2, 0.25) is 0 Å². The Labute approximate surface area is 358 Å². The van der Waals surface area contributed by atoms with Gasteiger partial charge in [-0.05, 0) is 96.3 Å². The van der Waals surface area contributed by atoms with Crippen molar-refractivity contribution >= 4 is 17.9 Å². The number of esters is 3. The molecule has 58 heavy (non-hydrogen) atoms. The summed E-state index contributed by atoms with van der Waals surface area (Å²) in [6.07, 6.45) is 56.2. The molecule has 0 aromatic rings. The van der Waals surface area contributed by atoms with Gasteiger partial charge in [0.1, 0.15) is 13.2 Å². The monoisotopic (exact) mass is 811 g/mol. The van der Waals surface area contributed by atoms with E-state index in [4.69, 9.17) is 14.2 Å². The van der Waals surface area contributed by atoms with Crippen molar-refractivity contribution in [1.82, 2.24) is 0 Å². The van der Waals surface area contributed by atoms with Gasteiger partial charge in [-0.2, -0.15) is 0 Å². The molecule has 0 rings (SSSR count). The molecule has 0 aromatic heterocycles. The van der Waals surface area contributed by atoms with E-state index in [0.29, 0.717) is 19.3 Å². The highest BCUT2D eigenvalue weighted by molar-refractivity contribution is 5.71. The lowest BCUT2D eigenvalue weighted by Gasteiger charge is -2.18. The van der Waals surface area contributed by atoms with Crippen molar-refractivity contribution < 1.29 is 28.6 Å². The summed E-state index contributed by atoms with van der Waals surface area (Å²) >= 11 is 0. The lowest BCUT2D eigenvalue weighted by atomic mass is 10.1. The maximum absolute atomic E-state index is 12.7. The summed E-state index contributed by atoms with van der Waals surface area (Å²) in [6, 6.07) is 0. The van der Waals surface area contributed by atoms with Crippen LogP contribution in [0.5, 0.6) is 0 Å². The third-order valence-corrected chi connectivity index (χ3v) is 10.2. The number of allylic oxidation sites excluding steroid dienone is 10. The van der Waals surface area contributed by atoms with Gasteiger partial charge in [-0.1, -0.05) is 178 Å². The lowest BCUT2D eigenvalue weighted by molar-refractivity contribution is -0.167. The molecule has 0 aromatic carbocycles. The molecular formula is C52H90O6. The van der Waals surface area contributed by atoms with Gasteiger partial charge in [0.2, 0.25) is 0 Å². The van der Waals surface area contributed by atoms with Crippen molar-refractivity contribution in [3.05, 3.63) is 60.8 Å². The molecule has 6 nitrogen and oxygen atoms in total. The second-order valence-corrected chi connectivity index (χ2v) is 16.0. The van der Waals surface area contributed by atoms with Gasteiger partial charge >= 0.3 is 17.9 Å². The van der Waals surface area contributed by atoms with Gasteiger partial charge in [0.15, 0.2) is 6.10 Å². The van der Waals surface area contributed by atoms with E-state index in [0.717, 1.165) is 116 Å². The lowest BCUT2D eigenvalue weighted by Crippen LogP contribution is -2.30. The number of unbranched alkanes of at least 4 members (excludes halogenated alkanes) is 22. The zero-order chi connectivity index (χ0) is 42.3. The largest absolute Gasteiger partial charge is 0.462 e. The molecular weight excluding hydrogens is 721 g/mol. The average Bonchev–Trinajstić information content (AvgIpc) is 3.22. The highest BCUT2D eigenvalue weighted by atomic mass is 16.6. The van der Waals surface area contributed by atoms with Gasteiger partial charge in [0, 0.05) is 19.3 Å². The Bertz CT molecular complexity index is 1070. The van der Waals surface area contributed by atoms with E-state index in [1.54, 1.807) is 0 Å². The van der Waals surface area contributed by atoms with Crippen LogP contribution < -0.4 is 0 Å². The first-order valence-corrected chi connectivity index (χ1v) is 24.3. The minimum atomic E-state index is -0.788. The molecule has 0 aliphatic heterocycles. The van der Waals surface area contributed by atoms with Gasteiger partial charge in [0.05, 0.1) is 0 Å². The number of hydrogen-bond donors (Lipinski definition) is 0. The number of rotatable bonds is 43. The summed E-state index contributed by atoms with van der Waals surface area (Å²) in [4.78, 5) is 37.8. The van der Waals surface area contributed by atoms with Crippen LogP contribution in [0.1, 0.15) is 233 Å². The van der Waals surface area contributed by atoms with Gasteiger partial charge in [-0.3, -0.25) is 14.4 Å². The fourth-order valence-corrected chi connectivity index (χ4v) is 6.49. The average molecular weight is 811 g/mol. The Balaban J connectivity index is 4.42. The maximum atomic E-state index is 12.7. The van der Waals surface area contributed by atoms with Crippen LogP contribution in [0.25, 0.3) is 0 Å². The normalized spacial score (nSPS) is 12.5. The van der Waals surface area contributed by atoms with E-state index >= 15 is 0 Å². The second kappa shape index (κ2) is 46.8. The predicted octanol–water partition coefficient (Wildman–Crippen LogP) is 15.7. The van der Waals surface area contributed by atoms with Crippen LogP contribution in [0.15, 0.2) is 60.8 Å². The summed E-state index contributed by atoms with van der Waals surface area (Å²) in [5.41, 5.74) is 0. The van der Waals surface area contributed by atoms with Crippen LogP contribution in [-0.2, 0) is 28.6 Å². The minimum absolute atomic E-state index is 0.0894. The molecule has 0 amide bonds. The zero-order valence-electron chi connectivity index (χ0n) is 38.0. The first-order valence-electron chi connectivity index (χ1n) is 24.3. The number of carbonyl (C=O) groups excluding carboxylic acids is 3. The Morgan fingerprint density at radius 3 is 1.09 bits per heavy atom. The number of hydrogen-bond acceptors (Lipinski definition) is 6. The molecule has 1 unspecified atom stereocenters. The third kappa shape index (κ3) is 44.2. The Morgan fingerprint density at radius 2 is 0.672 bits per heavy atom. The molecule has 1 atom stereocenters. The molecule has 334 valence electrons. The topological polar surface area (TPSA) is 78.9 Å². The van der Waals surface area contributed by atoms with E-state index in [-0.39, 0.29) is 31.1 Å². The number of carbonyl (C=O) groups is 3. The van der Waals surface area contributed by atoms with E-state index in [1.807, 2.05) is 0 Å². The van der Waals surface area contributed by atoms with Crippen LogP contribution in [0, 0.1) is 0 Å². The predicted molar refractivity (Wildman–Crippen MR) is 247 cm³/mol. The van der Waals surface area contributed by atoms with E-state index < -0.39 is 6.10 Å². The molecule has 0 radical (unpaired) electrons. The molecule has 0 saturated carbocycles. The van der Waals surface area contributed by atoms with Crippen molar-refractivity contribution in [2.45, 2.75) is 239 Å². The first kappa shape index (κ1) is 55.1. The SMILES string of the molecule is CCC/C=C\C/C=C\CCCCCCCC(=O)OC(COC(=O)CCCCCCC/C=C\C/C=C\CCCCCC)COC(=O)CCCCCCC/C=C\CCCC. The highest BCUT2D eigenvalue weighted by Gasteiger charge is 2.19. The molecule has 0 saturated heterocycles. The van der Waals surface area contributed by atoms with Crippen molar-refractivity contribution in [2.75, 3.05) is 13.2 Å². The van der Waals surface area contributed by atoms with Crippen LogP contribution in [0.3, 0.4) is 0 Å². The fourth-order valence-electron chi connectivity index (χ4n) is 6.49.